The highest BCUT2D eigenvalue weighted by molar-refractivity contribution is 6.28. The van der Waals surface area contributed by atoms with Gasteiger partial charge in [0.2, 0.25) is 0 Å². The molecule has 4 aliphatic heterocycles. The molecule has 7 nitrogen and oxygen atoms in total. The van der Waals surface area contributed by atoms with Crippen LogP contribution >= 0.6 is 0 Å². The number of nitrogens with zero attached hydrogens (tertiary/aromatic N) is 3. The van der Waals surface area contributed by atoms with Crippen molar-refractivity contribution >= 4 is 39.9 Å². The number of carboxylic acid groups (broad SMARTS) is 1. The zero-order valence-electron chi connectivity index (χ0n) is 17.3. The minimum Gasteiger partial charge on any atom is -0.481 e. The Labute approximate surface area is 180 Å². The van der Waals surface area contributed by atoms with E-state index in [9.17, 15) is 14.4 Å². The molecule has 4 aliphatic rings. The van der Waals surface area contributed by atoms with Crippen LogP contribution in [0, 0.1) is 0 Å². The molecule has 0 aromatic heterocycles. The number of rotatable bonds is 4. The van der Waals surface area contributed by atoms with Crippen molar-refractivity contribution in [1.29, 1.82) is 0 Å². The van der Waals surface area contributed by atoms with Crippen molar-refractivity contribution in [3.63, 3.8) is 0 Å². The number of hydrogen-bond donors (Lipinski definition) is 1. The van der Waals surface area contributed by atoms with Gasteiger partial charge < -0.3 is 14.9 Å². The largest absolute Gasteiger partial charge is 0.481 e. The normalized spacial score (nSPS) is 23.9. The molecular formula is C24H25N3O4. The Morgan fingerprint density at radius 3 is 1.94 bits per heavy atom. The Bertz CT molecular complexity index is 1070. The molecule has 2 amide bonds. The first-order chi connectivity index (χ1) is 15.1. The second kappa shape index (κ2) is 6.70. The summed E-state index contributed by atoms with van der Waals surface area (Å²) in [5.74, 6) is -1.55. The summed E-state index contributed by atoms with van der Waals surface area (Å²) in [7, 11) is 0. The Hall–Kier alpha value is -3.09. The maximum absolute atomic E-state index is 13.3. The third-order valence-electron chi connectivity index (χ3n) is 7.50. The van der Waals surface area contributed by atoms with Crippen LogP contribution in [0.2, 0.25) is 0 Å². The van der Waals surface area contributed by atoms with E-state index in [1.54, 1.807) is 0 Å². The van der Waals surface area contributed by atoms with Gasteiger partial charge in [0, 0.05) is 71.4 Å². The number of carbonyl (C=O) groups is 3. The van der Waals surface area contributed by atoms with Crippen molar-refractivity contribution in [2.24, 2.45) is 0 Å². The average Bonchev–Trinajstić information content (AvgIpc) is 3.41. The lowest BCUT2D eigenvalue weighted by Crippen LogP contribution is -2.44. The van der Waals surface area contributed by atoms with Crippen LogP contribution < -0.4 is 9.80 Å². The number of carboxylic acids is 1. The number of fused-ring (bicyclic) bond motifs is 5. The lowest BCUT2D eigenvalue weighted by molar-refractivity contribution is -0.137. The van der Waals surface area contributed by atoms with Gasteiger partial charge in [0.1, 0.15) is 0 Å². The number of benzene rings is 2. The van der Waals surface area contributed by atoms with Gasteiger partial charge in [-0.2, -0.15) is 0 Å². The van der Waals surface area contributed by atoms with E-state index in [-0.39, 0.29) is 31.2 Å². The van der Waals surface area contributed by atoms with E-state index in [0.717, 1.165) is 35.2 Å². The van der Waals surface area contributed by atoms with Crippen LogP contribution in [0.25, 0.3) is 10.8 Å². The average molecular weight is 419 g/mol. The van der Waals surface area contributed by atoms with E-state index in [1.165, 1.54) is 30.6 Å². The zero-order valence-corrected chi connectivity index (χ0v) is 17.3. The van der Waals surface area contributed by atoms with Crippen molar-refractivity contribution < 1.29 is 19.5 Å². The van der Waals surface area contributed by atoms with Crippen LogP contribution in [0.3, 0.4) is 0 Å². The summed E-state index contributed by atoms with van der Waals surface area (Å²) in [6.07, 6.45) is 4.89. The number of aliphatic carboxylic acids is 1. The molecule has 0 bridgehead atoms. The smallest absolute Gasteiger partial charge is 0.303 e. The molecule has 2 aromatic rings. The van der Waals surface area contributed by atoms with Crippen molar-refractivity contribution in [1.82, 2.24) is 4.90 Å². The number of anilines is 2. The molecular weight excluding hydrogens is 394 g/mol. The molecule has 31 heavy (non-hydrogen) atoms. The number of imide groups is 1. The molecule has 1 N–H and O–H groups in total. The number of carbonyl (C=O) groups excluding carboxylic acids is 2. The fraction of sp³-hybridized carbons (Fsp3) is 0.458. The Morgan fingerprint density at radius 1 is 0.871 bits per heavy atom. The van der Waals surface area contributed by atoms with Crippen LogP contribution in [-0.4, -0.2) is 59.5 Å². The highest BCUT2D eigenvalue weighted by Gasteiger charge is 2.43. The SMILES string of the molecule is O=C(O)CCCN1C(=O)c2ccc3c4c(ccc(c24)C1=O)N1CCCC1C1CCCN31. The molecule has 0 spiro atoms. The summed E-state index contributed by atoms with van der Waals surface area (Å²) in [5.41, 5.74) is 3.40. The van der Waals surface area contributed by atoms with E-state index in [4.69, 9.17) is 5.11 Å². The second-order valence-electron chi connectivity index (χ2n) is 9.08. The molecule has 7 heteroatoms. The van der Waals surface area contributed by atoms with Gasteiger partial charge in [0.15, 0.2) is 0 Å². The summed E-state index contributed by atoms with van der Waals surface area (Å²) < 4.78 is 0. The Balaban J connectivity index is 1.52. The molecule has 2 fully saturated rings. The van der Waals surface area contributed by atoms with E-state index < -0.39 is 5.97 Å². The lowest BCUT2D eigenvalue weighted by atomic mass is 9.91. The van der Waals surface area contributed by atoms with Crippen LogP contribution in [0.5, 0.6) is 0 Å². The summed E-state index contributed by atoms with van der Waals surface area (Å²) in [6.45, 7) is 2.14. The van der Waals surface area contributed by atoms with E-state index in [1.807, 2.05) is 12.1 Å². The van der Waals surface area contributed by atoms with Gasteiger partial charge >= 0.3 is 5.97 Å². The van der Waals surface area contributed by atoms with Gasteiger partial charge in [-0.05, 0) is 56.4 Å². The fourth-order valence-corrected chi connectivity index (χ4v) is 6.25. The molecule has 2 atom stereocenters. The van der Waals surface area contributed by atoms with Gasteiger partial charge in [-0.25, -0.2) is 0 Å². The quantitative estimate of drug-likeness (QED) is 0.767. The Morgan fingerprint density at radius 2 is 1.42 bits per heavy atom. The van der Waals surface area contributed by atoms with Crippen molar-refractivity contribution in [2.45, 2.75) is 50.6 Å². The lowest BCUT2D eigenvalue weighted by Gasteiger charge is -2.33. The molecule has 2 aromatic carbocycles. The maximum Gasteiger partial charge on any atom is 0.303 e. The first kappa shape index (κ1) is 18.7. The van der Waals surface area contributed by atoms with Gasteiger partial charge in [-0.1, -0.05) is 0 Å². The summed E-state index contributed by atoms with van der Waals surface area (Å²) in [6, 6.07) is 8.83. The summed E-state index contributed by atoms with van der Waals surface area (Å²) in [5, 5.41) is 10.7. The van der Waals surface area contributed by atoms with Crippen LogP contribution in [-0.2, 0) is 4.79 Å². The van der Waals surface area contributed by atoms with Crippen molar-refractivity contribution in [2.75, 3.05) is 29.4 Å². The summed E-state index contributed by atoms with van der Waals surface area (Å²) in [4.78, 5) is 43.7. The maximum atomic E-state index is 13.3. The molecule has 2 saturated heterocycles. The molecule has 6 rings (SSSR count). The third kappa shape index (κ3) is 2.55. The topological polar surface area (TPSA) is 81.2 Å². The molecule has 0 saturated carbocycles. The molecule has 0 aliphatic carbocycles. The molecule has 4 heterocycles. The predicted molar refractivity (Wildman–Crippen MR) is 117 cm³/mol. The van der Waals surface area contributed by atoms with Crippen LogP contribution in [0.4, 0.5) is 11.4 Å². The monoisotopic (exact) mass is 419 g/mol. The standard InChI is InChI=1S/C24H25N3O4/c28-20(29)6-3-13-27-23(30)14-7-9-18-22-19(10-8-15(21(14)22)24(27)31)26-12-2-5-17(26)16-4-1-11-25(16)18/h7-10,16-17H,1-6,11-13H2,(H,28,29). The summed E-state index contributed by atoms with van der Waals surface area (Å²) >= 11 is 0. The van der Waals surface area contributed by atoms with Crippen molar-refractivity contribution in [3.8, 4) is 0 Å². The van der Waals surface area contributed by atoms with E-state index in [2.05, 4.69) is 21.9 Å². The molecule has 160 valence electrons. The zero-order chi connectivity index (χ0) is 21.3. The molecule has 0 radical (unpaired) electrons. The van der Waals surface area contributed by atoms with Gasteiger partial charge in [-0.15, -0.1) is 0 Å². The highest BCUT2D eigenvalue weighted by atomic mass is 16.4. The first-order valence-corrected chi connectivity index (χ1v) is 11.3. The number of amides is 2. The highest BCUT2D eigenvalue weighted by Crippen LogP contribution is 2.48. The minimum absolute atomic E-state index is 0.0656. The minimum atomic E-state index is -0.924. The molecule has 2 unspecified atom stereocenters. The van der Waals surface area contributed by atoms with E-state index >= 15 is 0 Å². The van der Waals surface area contributed by atoms with Crippen molar-refractivity contribution in [3.05, 3.63) is 35.4 Å². The first-order valence-electron chi connectivity index (χ1n) is 11.3. The van der Waals surface area contributed by atoms with Crippen LogP contribution in [0.1, 0.15) is 59.2 Å². The predicted octanol–water partition coefficient (Wildman–Crippen LogP) is 3.25. The van der Waals surface area contributed by atoms with E-state index in [0.29, 0.717) is 23.2 Å². The van der Waals surface area contributed by atoms with Crippen LogP contribution in [0.15, 0.2) is 24.3 Å². The van der Waals surface area contributed by atoms with Gasteiger partial charge in [-0.3, -0.25) is 19.3 Å². The van der Waals surface area contributed by atoms with Gasteiger partial charge in [0.25, 0.3) is 11.8 Å². The number of hydrogen-bond acceptors (Lipinski definition) is 5. The third-order valence-corrected chi connectivity index (χ3v) is 7.50. The second-order valence-corrected chi connectivity index (χ2v) is 9.08. The fourth-order valence-electron chi connectivity index (χ4n) is 6.25. The Kier molecular flexibility index (Phi) is 4.04. The van der Waals surface area contributed by atoms with Gasteiger partial charge in [0.05, 0.1) is 0 Å².